The summed E-state index contributed by atoms with van der Waals surface area (Å²) in [4.78, 5) is 26.1. The fourth-order valence-corrected chi connectivity index (χ4v) is 1.40. The van der Waals surface area contributed by atoms with Crippen molar-refractivity contribution in [1.82, 2.24) is 0 Å². The van der Waals surface area contributed by atoms with Crippen LogP contribution in [0.2, 0.25) is 0 Å². The smallest absolute Gasteiger partial charge is 0.281 e. The predicted octanol–water partition coefficient (Wildman–Crippen LogP) is -0.414. The van der Waals surface area contributed by atoms with Crippen LogP contribution in [0, 0.1) is 0 Å². The van der Waals surface area contributed by atoms with E-state index in [1.807, 2.05) is 0 Å². The maximum absolute atomic E-state index is 11.2. The van der Waals surface area contributed by atoms with Gasteiger partial charge in [-0.15, -0.1) is 0 Å². The van der Waals surface area contributed by atoms with Crippen LogP contribution >= 0.6 is 0 Å². The molecule has 0 saturated carbocycles. The third-order valence-corrected chi connectivity index (χ3v) is 1.96. The van der Waals surface area contributed by atoms with Crippen LogP contribution in [-0.4, -0.2) is 11.7 Å². The van der Waals surface area contributed by atoms with Gasteiger partial charge in [0.25, 0.3) is 5.91 Å². The first-order valence-corrected chi connectivity index (χ1v) is 3.93. The fraction of sp³-hybridized carbons (Fsp3) is 0.100. The Bertz CT molecular complexity index is 514. The number of hydrogen-bond donors (Lipinski definition) is 0. The molecular weight excluding hydrogens is 166 g/mol. The number of hydrogen-bond acceptors (Lipinski definition) is 2. The van der Waals surface area contributed by atoms with Gasteiger partial charge < -0.3 is 0 Å². The molecule has 0 aliphatic carbocycles. The molecule has 0 fully saturated rings. The minimum atomic E-state index is -0.422. The standard InChI is InChI=1S/C10H7NO2/c1-6(12)9-7-4-2-3-5-8(7)11-10(9)13/h2-5H,1H3. The van der Waals surface area contributed by atoms with Gasteiger partial charge in [-0.2, -0.15) is 0 Å². The molecule has 3 heteroatoms. The quantitative estimate of drug-likeness (QED) is 0.579. The van der Waals surface area contributed by atoms with E-state index in [4.69, 9.17) is 0 Å². The number of carbonyl (C=O) groups is 2. The molecule has 1 aromatic carbocycles. The van der Waals surface area contributed by atoms with Gasteiger partial charge >= 0.3 is 0 Å². The molecule has 13 heavy (non-hydrogen) atoms. The first kappa shape index (κ1) is 7.86. The third kappa shape index (κ3) is 1.09. The summed E-state index contributed by atoms with van der Waals surface area (Å²) in [6.07, 6.45) is 0. The van der Waals surface area contributed by atoms with E-state index in [9.17, 15) is 9.59 Å². The number of Topliss-reactive ketones (excluding diaryl/α,β-unsaturated/α-hetero) is 1. The summed E-state index contributed by atoms with van der Waals surface area (Å²) in [6.45, 7) is 1.38. The number of fused-ring (bicyclic) bond motifs is 1. The summed E-state index contributed by atoms with van der Waals surface area (Å²) < 4.78 is 0. The van der Waals surface area contributed by atoms with Crippen molar-refractivity contribution < 1.29 is 9.59 Å². The van der Waals surface area contributed by atoms with E-state index >= 15 is 0 Å². The van der Waals surface area contributed by atoms with Crippen molar-refractivity contribution in [1.29, 1.82) is 0 Å². The van der Waals surface area contributed by atoms with E-state index in [0.29, 0.717) is 10.6 Å². The van der Waals surface area contributed by atoms with Crippen molar-refractivity contribution >= 4 is 17.3 Å². The third-order valence-electron chi connectivity index (χ3n) is 1.96. The van der Waals surface area contributed by atoms with Crippen LogP contribution in [0.1, 0.15) is 6.92 Å². The van der Waals surface area contributed by atoms with Gasteiger partial charge in [-0.1, -0.05) is 18.2 Å². The average molecular weight is 173 g/mol. The topological polar surface area (TPSA) is 46.5 Å². The van der Waals surface area contributed by atoms with Gasteiger partial charge in [-0.05, 0) is 13.0 Å². The summed E-state index contributed by atoms with van der Waals surface area (Å²) in [5.74, 6) is -0.646. The molecule has 1 amide bonds. The van der Waals surface area contributed by atoms with Crippen LogP contribution in [0.4, 0.5) is 0 Å². The predicted molar refractivity (Wildman–Crippen MR) is 46.3 cm³/mol. The van der Waals surface area contributed by atoms with Crippen LogP contribution < -0.4 is 10.6 Å². The zero-order valence-electron chi connectivity index (χ0n) is 7.07. The Balaban J connectivity index is 2.92. The molecule has 0 radical (unpaired) electrons. The molecule has 1 aromatic rings. The minimum absolute atomic E-state index is 0.204. The number of carbonyl (C=O) groups excluding carboxylic acids is 2. The molecule has 0 N–H and O–H groups in total. The molecule has 1 aliphatic heterocycles. The summed E-state index contributed by atoms with van der Waals surface area (Å²) in [5, 5.41) is 1.25. The highest BCUT2D eigenvalue weighted by Crippen LogP contribution is 2.00. The summed E-state index contributed by atoms with van der Waals surface area (Å²) in [6, 6.07) is 7.04. The van der Waals surface area contributed by atoms with Crippen LogP contribution in [0.5, 0.6) is 0 Å². The van der Waals surface area contributed by atoms with Crippen molar-refractivity contribution in [2.45, 2.75) is 6.92 Å². The van der Waals surface area contributed by atoms with Crippen molar-refractivity contribution in [2.24, 2.45) is 4.99 Å². The highest BCUT2D eigenvalue weighted by atomic mass is 16.2. The van der Waals surface area contributed by atoms with Crippen LogP contribution in [-0.2, 0) is 9.59 Å². The van der Waals surface area contributed by atoms with Gasteiger partial charge in [-0.25, -0.2) is 4.99 Å². The largest absolute Gasteiger partial charge is 0.294 e. The molecule has 0 saturated heterocycles. The Morgan fingerprint density at radius 2 is 2.00 bits per heavy atom. The van der Waals surface area contributed by atoms with Gasteiger partial charge in [0.15, 0.2) is 5.78 Å². The second-order valence-corrected chi connectivity index (χ2v) is 2.87. The number of amides is 1. The molecule has 1 heterocycles. The van der Waals surface area contributed by atoms with E-state index in [1.54, 1.807) is 24.3 Å². The Morgan fingerprint density at radius 3 is 2.69 bits per heavy atom. The van der Waals surface area contributed by atoms with E-state index < -0.39 is 5.91 Å². The molecule has 0 bridgehead atoms. The molecule has 2 rings (SSSR count). The van der Waals surface area contributed by atoms with E-state index in [0.717, 1.165) is 0 Å². The van der Waals surface area contributed by atoms with Gasteiger partial charge in [0.2, 0.25) is 0 Å². The molecular formula is C10H7NO2. The second-order valence-electron chi connectivity index (χ2n) is 2.87. The Morgan fingerprint density at radius 1 is 1.31 bits per heavy atom. The van der Waals surface area contributed by atoms with Crippen molar-refractivity contribution in [3.8, 4) is 0 Å². The minimum Gasteiger partial charge on any atom is -0.294 e. The molecule has 0 atom stereocenters. The lowest BCUT2D eigenvalue weighted by atomic mass is 10.1. The number of benzene rings is 1. The average Bonchev–Trinajstić information content (AvgIpc) is 2.39. The van der Waals surface area contributed by atoms with Gasteiger partial charge in [0, 0.05) is 5.22 Å². The molecule has 3 nitrogen and oxygen atoms in total. The Labute approximate surface area is 74.4 Å². The number of para-hydroxylation sites is 1. The van der Waals surface area contributed by atoms with Crippen LogP contribution in [0.15, 0.2) is 29.3 Å². The highest BCUT2D eigenvalue weighted by molar-refractivity contribution is 6.40. The zero-order valence-corrected chi connectivity index (χ0v) is 7.07. The monoisotopic (exact) mass is 173 g/mol. The lowest BCUT2D eigenvalue weighted by molar-refractivity contribution is -0.116. The van der Waals surface area contributed by atoms with Crippen LogP contribution in [0.25, 0.3) is 5.57 Å². The first-order valence-electron chi connectivity index (χ1n) is 3.93. The summed E-state index contributed by atoms with van der Waals surface area (Å²) in [5.41, 5.74) is 0.204. The lowest BCUT2D eigenvalue weighted by Crippen LogP contribution is -2.24. The van der Waals surface area contributed by atoms with Gasteiger partial charge in [0.05, 0.1) is 10.9 Å². The number of rotatable bonds is 1. The SMILES string of the molecule is CC(=O)C1=c2ccccc2=NC1=O. The molecule has 0 aromatic heterocycles. The number of ketones is 1. The van der Waals surface area contributed by atoms with E-state index in [2.05, 4.69) is 4.99 Å². The summed E-state index contributed by atoms with van der Waals surface area (Å²) in [7, 11) is 0. The van der Waals surface area contributed by atoms with Crippen molar-refractivity contribution in [3.63, 3.8) is 0 Å². The first-order chi connectivity index (χ1) is 6.20. The molecule has 1 aliphatic rings. The van der Waals surface area contributed by atoms with E-state index in [-0.39, 0.29) is 11.4 Å². The van der Waals surface area contributed by atoms with Gasteiger partial charge in [-0.3, -0.25) is 9.59 Å². The zero-order chi connectivity index (χ0) is 9.42. The fourth-order valence-electron chi connectivity index (χ4n) is 1.40. The van der Waals surface area contributed by atoms with Crippen LogP contribution in [0.3, 0.4) is 0 Å². The van der Waals surface area contributed by atoms with E-state index in [1.165, 1.54) is 6.92 Å². The van der Waals surface area contributed by atoms with Crippen molar-refractivity contribution in [3.05, 3.63) is 34.8 Å². The Kier molecular flexibility index (Phi) is 1.59. The molecule has 0 unspecified atom stereocenters. The maximum Gasteiger partial charge on any atom is 0.281 e. The Hall–Kier alpha value is -1.77. The molecule has 64 valence electrons. The van der Waals surface area contributed by atoms with Crippen molar-refractivity contribution in [2.75, 3.05) is 0 Å². The lowest BCUT2D eigenvalue weighted by Gasteiger charge is -1.89. The normalized spacial score (nSPS) is 13.9. The van der Waals surface area contributed by atoms with Gasteiger partial charge in [0.1, 0.15) is 0 Å². The summed E-state index contributed by atoms with van der Waals surface area (Å²) >= 11 is 0. The molecule has 0 spiro atoms. The number of nitrogens with zero attached hydrogens (tertiary/aromatic N) is 1. The maximum atomic E-state index is 11.2. The second kappa shape index (κ2) is 2.62. The highest BCUT2D eigenvalue weighted by Gasteiger charge is 2.19.